The topological polar surface area (TPSA) is 189 Å². The third-order valence-corrected chi connectivity index (χ3v) is 16.6. The molecule has 366 valence electrons. The van der Waals surface area contributed by atoms with Crippen molar-refractivity contribution in [3.8, 4) is 0 Å². The number of halogens is 3. The third kappa shape index (κ3) is 8.24. The zero-order valence-corrected chi connectivity index (χ0v) is 40.6. The number of piperidine rings is 1. The van der Waals surface area contributed by atoms with Crippen molar-refractivity contribution < 1.29 is 33.1 Å². The van der Waals surface area contributed by atoms with Crippen LogP contribution < -0.4 is 27.0 Å². The van der Waals surface area contributed by atoms with Crippen LogP contribution >= 0.6 is 23.2 Å². The highest BCUT2D eigenvalue weighted by atomic mass is 35.5. The first-order valence-electron chi connectivity index (χ1n) is 24.2. The summed E-state index contributed by atoms with van der Waals surface area (Å²) in [7, 11) is 1.69. The summed E-state index contributed by atoms with van der Waals surface area (Å²) in [5.74, 6) is -3.36. The van der Waals surface area contributed by atoms with Gasteiger partial charge < -0.3 is 20.3 Å². The number of hydrogen-bond acceptors (Lipinski definition) is 10. The Balaban J connectivity index is 0.760. The van der Waals surface area contributed by atoms with Crippen molar-refractivity contribution in [2.75, 3.05) is 44.6 Å². The van der Waals surface area contributed by atoms with Crippen molar-refractivity contribution in [2.24, 2.45) is 12.5 Å². The van der Waals surface area contributed by atoms with Crippen molar-refractivity contribution in [2.45, 2.75) is 119 Å². The number of ether oxygens (including phenoxy) is 1. The molecule has 69 heavy (non-hydrogen) atoms. The molecular formula is C50H58Cl2FN9O7. The fourth-order valence-electron chi connectivity index (χ4n) is 12.4. The van der Waals surface area contributed by atoms with Gasteiger partial charge in [-0.1, -0.05) is 49.2 Å². The van der Waals surface area contributed by atoms with Gasteiger partial charge in [0.15, 0.2) is 11.0 Å². The van der Waals surface area contributed by atoms with E-state index < -0.39 is 58.7 Å². The van der Waals surface area contributed by atoms with Gasteiger partial charge in [0.2, 0.25) is 23.6 Å². The molecule has 5 aliphatic heterocycles. The Morgan fingerprint density at radius 3 is 2.42 bits per heavy atom. The molecule has 19 heteroatoms. The molecule has 4 N–H and O–H groups in total. The largest absolute Gasteiger partial charge is 0.366 e. The lowest BCUT2D eigenvalue weighted by Crippen LogP contribution is -2.61. The lowest BCUT2D eigenvalue weighted by molar-refractivity contribution is -0.149. The first-order valence-corrected chi connectivity index (χ1v) is 24.9. The normalized spacial score (nSPS) is 27.7. The van der Waals surface area contributed by atoms with Crippen LogP contribution in [0.3, 0.4) is 0 Å². The minimum atomic E-state index is -1.39. The van der Waals surface area contributed by atoms with Gasteiger partial charge in [0.1, 0.15) is 17.6 Å². The second-order valence-corrected chi connectivity index (χ2v) is 21.5. The number of fused-ring (bicyclic) bond motifs is 4. The molecule has 4 aromatic rings. The summed E-state index contributed by atoms with van der Waals surface area (Å²) in [4.78, 5) is 89.1. The van der Waals surface area contributed by atoms with Crippen molar-refractivity contribution in [3.63, 3.8) is 0 Å². The number of benzene rings is 2. The Morgan fingerprint density at radius 1 is 0.928 bits per heavy atom. The van der Waals surface area contributed by atoms with Crippen molar-refractivity contribution in [1.82, 2.24) is 39.9 Å². The number of nitrogens with one attached hydrogen (secondary N) is 4. The molecule has 2 aromatic heterocycles. The standard InChI is InChI=1S/C50H58Cl2FN9O7/c1-48(2)15-17-49(18-16-48)50(32-9-7-29(51)26-33(32)56-46(50)67)39(31-14-19-54-42(52)40(31)53)41(58-49)44(65)55-30-8-12-37(69-27-30)45(66)61-23-21-60(22-24-61)20-4-5-28-6-10-34-36(25-28)59(3)47(68)62(34)35-11-13-38(63)57-43(35)64/h6-7,9-10,14,19,25-26,30,35,37,39,41,58H,4-5,8,11-13,15-18,20-24,27H2,1-3H3,(H,55,65)(H,56,67)(H,57,63,64)/t30-,35?,37+,39+,41-,50-/m1/s1. The van der Waals surface area contributed by atoms with Crippen LogP contribution in [0.5, 0.6) is 0 Å². The summed E-state index contributed by atoms with van der Waals surface area (Å²) in [5.41, 5.74) is 1.17. The van der Waals surface area contributed by atoms with Gasteiger partial charge in [-0.15, -0.1) is 0 Å². The number of carbonyl (C=O) groups is 5. The fraction of sp³-hybridized carbons (Fsp3) is 0.540. The monoisotopic (exact) mass is 985 g/mol. The maximum atomic E-state index is 16.4. The van der Waals surface area contributed by atoms with E-state index >= 15 is 4.39 Å². The van der Waals surface area contributed by atoms with E-state index in [1.54, 1.807) is 23.7 Å². The predicted molar refractivity (Wildman–Crippen MR) is 256 cm³/mol. The molecule has 6 atom stereocenters. The smallest absolute Gasteiger partial charge is 0.329 e. The number of amides is 5. The zero-order valence-electron chi connectivity index (χ0n) is 39.0. The molecule has 5 amide bonds. The fourth-order valence-corrected chi connectivity index (χ4v) is 12.7. The second-order valence-electron chi connectivity index (χ2n) is 20.7. The van der Waals surface area contributed by atoms with Crippen molar-refractivity contribution in [1.29, 1.82) is 0 Å². The van der Waals surface area contributed by atoms with E-state index in [9.17, 15) is 28.8 Å². The molecular weight excluding hydrogens is 929 g/mol. The molecule has 2 spiro atoms. The highest BCUT2D eigenvalue weighted by Crippen LogP contribution is 2.64. The molecule has 4 saturated heterocycles. The number of aryl methyl sites for hydroxylation is 2. The summed E-state index contributed by atoms with van der Waals surface area (Å²) < 4.78 is 25.6. The van der Waals surface area contributed by atoms with Crippen LogP contribution in [-0.2, 0) is 47.6 Å². The highest BCUT2D eigenvalue weighted by molar-refractivity contribution is 6.31. The van der Waals surface area contributed by atoms with E-state index in [0.29, 0.717) is 73.7 Å². The van der Waals surface area contributed by atoms with Gasteiger partial charge in [-0.2, -0.15) is 0 Å². The minimum Gasteiger partial charge on any atom is -0.366 e. The van der Waals surface area contributed by atoms with E-state index in [2.05, 4.69) is 45.0 Å². The zero-order chi connectivity index (χ0) is 48.6. The second kappa shape index (κ2) is 18.2. The Morgan fingerprint density at radius 2 is 1.70 bits per heavy atom. The average molecular weight is 987 g/mol. The number of piperazine rings is 1. The number of aromatic nitrogens is 3. The molecule has 7 heterocycles. The number of nitrogens with zero attached hydrogens (tertiary/aromatic N) is 5. The first-order chi connectivity index (χ1) is 33.0. The molecule has 1 unspecified atom stereocenters. The summed E-state index contributed by atoms with van der Waals surface area (Å²) in [6.45, 7) is 7.90. The van der Waals surface area contributed by atoms with Crippen LogP contribution in [0, 0.1) is 11.2 Å². The van der Waals surface area contributed by atoms with Gasteiger partial charge >= 0.3 is 5.69 Å². The number of imidazole rings is 1. The number of imide groups is 1. The van der Waals surface area contributed by atoms with Crippen LogP contribution in [0.2, 0.25) is 10.2 Å². The van der Waals surface area contributed by atoms with Gasteiger partial charge in [0.05, 0.1) is 29.7 Å². The van der Waals surface area contributed by atoms with E-state index in [-0.39, 0.29) is 59.0 Å². The van der Waals surface area contributed by atoms with Gasteiger partial charge in [-0.05, 0) is 117 Å². The predicted octanol–water partition coefficient (Wildman–Crippen LogP) is 4.88. The summed E-state index contributed by atoms with van der Waals surface area (Å²) >= 11 is 12.8. The van der Waals surface area contributed by atoms with Crippen LogP contribution in [0.4, 0.5) is 10.1 Å². The van der Waals surface area contributed by atoms with E-state index in [1.165, 1.54) is 16.8 Å². The van der Waals surface area contributed by atoms with E-state index in [1.807, 2.05) is 29.2 Å². The molecule has 16 nitrogen and oxygen atoms in total. The van der Waals surface area contributed by atoms with Gasteiger partial charge in [0.25, 0.3) is 5.91 Å². The van der Waals surface area contributed by atoms with Crippen LogP contribution in [0.25, 0.3) is 11.0 Å². The first kappa shape index (κ1) is 47.5. The van der Waals surface area contributed by atoms with Crippen LogP contribution in [-0.4, -0.2) is 117 Å². The van der Waals surface area contributed by atoms with Gasteiger partial charge in [-0.3, -0.25) is 48.6 Å². The van der Waals surface area contributed by atoms with E-state index in [4.69, 9.17) is 27.9 Å². The highest BCUT2D eigenvalue weighted by Gasteiger charge is 2.73. The Kier molecular flexibility index (Phi) is 12.5. The third-order valence-electron chi connectivity index (χ3n) is 16.1. The van der Waals surface area contributed by atoms with Crippen LogP contribution in [0.15, 0.2) is 53.5 Å². The Labute approximate surface area is 409 Å². The van der Waals surface area contributed by atoms with Crippen LogP contribution in [0.1, 0.15) is 100 Å². The molecule has 2 aromatic carbocycles. The summed E-state index contributed by atoms with van der Waals surface area (Å²) in [5, 5.41) is 12.4. The molecule has 0 bridgehead atoms. The summed E-state index contributed by atoms with van der Waals surface area (Å²) in [6, 6.07) is 10.4. The van der Waals surface area contributed by atoms with Gasteiger partial charge in [0, 0.05) is 68.0 Å². The number of pyridine rings is 1. The Hall–Kier alpha value is -5.20. The maximum Gasteiger partial charge on any atom is 0.329 e. The average Bonchev–Trinajstić information content (AvgIpc) is 3.89. The number of rotatable bonds is 9. The molecule has 5 fully saturated rings. The van der Waals surface area contributed by atoms with E-state index in [0.717, 1.165) is 43.3 Å². The maximum absolute atomic E-state index is 16.4. The van der Waals surface area contributed by atoms with Crippen molar-refractivity contribution in [3.05, 3.63) is 91.8 Å². The molecule has 1 aliphatic carbocycles. The van der Waals surface area contributed by atoms with Gasteiger partial charge in [-0.25, -0.2) is 14.2 Å². The number of carbonyl (C=O) groups excluding carboxylic acids is 5. The molecule has 0 radical (unpaired) electrons. The number of hydrogen-bond donors (Lipinski definition) is 4. The quantitative estimate of drug-likeness (QED) is 0.133. The molecule has 6 aliphatic rings. The Bertz CT molecular complexity index is 2810. The summed E-state index contributed by atoms with van der Waals surface area (Å²) in [6.07, 6.45) is 6.46. The van der Waals surface area contributed by atoms with Crippen molar-refractivity contribution >= 4 is 69.5 Å². The SMILES string of the molecule is Cn1c(=O)n(C2CCC(=O)NC2=O)c2ccc(CCCN3CCN(C(=O)[C@@H]4CC[C@@H](NC(=O)[C@@H]5NC6(CCC(C)(C)CC6)[C@@]6(C(=O)Nc7cc(Cl)ccc76)[C@H]5c5ccnc(Cl)c5F)CO4)CC3)cc21. The lowest BCUT2D eigenvalue weighted by atomic mass is 9.53. The molecule has 10 rings (SSSR count). The number of anilines is 1. The lowest BCUT2D eigenvalue weighted by Gasteiger charge is -2.50. The minimum absolute atomic E-state index is 0.00443. The molecule has 1 saturated carbocycles.